The lowest BCUT2D eigenvalue weighted by atomic mass is 9.84. The largest absolute Gasteiger partial charge is 0.325 e. The SMILES string of the molecule is O=C(CNC1CCCCC1)Nc1ccc2c(c1)C(=O)c1ccccc1C2=O. The van der Waals surface area contributed by atoms with Crippen LogP contribution in [0.3, 0.4) is 0 Å². The summed E-state index contributed by atoms with van der Waals surface area (Å²) >= 11 is 0. The summed E-state index contributed by atoms with van der Waals surface area (Å²) in [5.74, 6) is -0.482. The van der Waals surface area contributed by atoms with Crippen molar-refractivity contribution in [3.8, 4) is 0 Å². The summed E-state index contributed by atoms with van der Waals surface area (Å²) in [6, 6.07) is 12.1. The number of anilines is 1. The Kier molecular flexibility index (Phi) is 4.86. The van der Waals surface area contributed by atoms with Crippen molar-refractivity contribution in [2.75, 3.05) is 11.9 Å². The number of amides is 1. The van der Waals surface area contributed by atoms with Crippen LogP contribution in [0.2, 0.25) is 0 Å². The van der Waals surface area contributed by atoms with Crippen LogP contribution in [0.1, 0.15) is 63.9 Å². The summed E-state index contributed by atoms with van der Waals surface area (Å²) in [5.41, 5.74) is 2.11. The van der Waals surface area contributed by atoms with Crippen LogP contribution in [0.25, 0.3) is 0 Å². The molecule has 0 saturated heterocycles. The number of hydrogen-bond donors (Lipinski definition) is 2. The maximum absolute atomic E-state index is 12.7. The molecule has 0 aliphatic heterocycles. The fraction of sp³-hybridized carbons (Fsp3) is 0.318. The molecule has 0 aromatic heterocycles. The van der Waals surface area contributed by atoms with Gasteiger partial charge in [-0.05, 0) is 31.0 Å². The van der Waals surface area contributed by atoms with E-state index in [0.29, 0.717) is 34.0 Å². The Balaban J connectivity index is 1.47. The summed E-state index contributed by atoms with van der Waals surface area (Å²) in [7, 11) is 0. The molecule has 1 fully saturated rings. The average molecular weight is 362 g/mol. The number of nitrogens with one attached hydrogen (secondary N) is 2. The van der Waals surface area contributed by atoms with Gasteiger partial charge < -0.3 is 10.6 Å². The van der Waals surface area contributed by atoms with Gasteiger partial charge in [0.1, 0.15) is 0 Å². The molecule has 0 heterocycles. The van der Waals surface area contributed by atoms with Crippen LogP contribution < -0.4 is 10.6 Å². The smallest absolute Gasteiger partial charge is 0.238 e. The highest BCUT2D eigenvalue weighted by molar-refractivity contribution is 6.28. The summed E-state index contributed by atoms with van der Waals surface area (Å²) in [4.78, 5) is 37.6. The van der Waals surface area contributed by atoms with E-state index >= 15 is 0 Å². The highest BCUT2D eigenvalue weighted by Crippen LogP contribution is 2.29. The molecule has 0 spiro atoms. The molecule has 2 aliphatic rings. The van der Waals surface area contributed by atoms with Crippen LogP contribution in [-0.4, -0.2) is 30.1 Å². The second-order valence-corrected chi connectivity index (χ2v) is 7.23. The number of hydrogen-bond acceptors (Lipinski definition) is 4. The fourth-order valence-corrected chi connectivity index (χ4v) is 3.93. The first kappa shape index (κ1) is 17.6. The minimum Gasteiger partial charge on any atom is -0.325 e. The molecule has 2 aromatic rings. The van der Waals surface area contributed by atoms with Crippen molar-refractivity contribution in [2.45, 2.75) is 38.1 Å². The van der Waals surface area contributed by atoms with E-state index in [9.17, 15) is 14.4 Å². The number of benzene rings is 2. The van der Waals surface area contributed by atoms with Gasteiger partial charge in [0.2, 0.25) is 5.91 Å². The van der Waals surface area contributed by atoms with Gasteiger partial charge in [0, 0.05) is 34.0 Å². The van der Waals surface area contributed by atoms with E-state index in [2.05, 4.69) is 10.6 Å². The van der Waals surface area contributed by atoms with E-state index in [-0.39, 0.29) is 24.0 Å². The predicted molar refractivity (Wildman–Crippen MR) is 103 cm³/mol. The monoisotopic (exact) mass is 362 g/mol. The Morgan fingerprint density at radius 2 is 1.48 bits per heavy atom. The molecule has 0 bridgehead atoms. The molecule has 2 aliphatic carbocycles. The maximum atomic E-state index is 12.7. The highest BCUT2D eigenvalue weighted by atomic mass is 16.2. The zero-order chi connectivity index (χ0) is 18.8. The van der Waals surface area contributed by atoms with Gasteiger partial charge in [-0.2, -0.15) is 0 Å². The first-order valence-electron chi connectivity index (χ1n) is 9.49. The summed E-state index contributed by atoms with van der Waals surface area (Å²) in [6.45, 7) is 0.247. The van der Waals surface area contributed by atoms with Crippen LogP contribution >= 0.6 is 0 Å². The highest BCUT2D eigenvalue weighted by Gasteiger charge is 2.29. The minimum absolute atomic E-state index is 0.143. The van der Waals surface area contributed by atoms with Crippen LogP contribution in [0.15, 0.2) is 42.5 Å². The van der Waals surface area contributed by atoms with Crippen molar-refractivity contribution in [3.63, 3.8) is 0 Å². The Morgan fingerprint density at radius 1 is 0.852 bits per heavy atom. The first-order chi connectivity index (χ1) is 13.1. The molecule has 0 atom stereocenters. The van der Waals surface area contributed by atoms with E-state index in [1.54, 1.807) is 42.5 Å². The van der Waals surface area contributed by atoms with E-state index in [0.717, 1.165) is 12.8 Å². The molecule has 2 N–H and O–H groups in total. The van der Waals surface area contributed by atoms with Crippen LogP contribution in [-0.2, 0) is 4.79 Å². The number of carbonyl (C=O) groups excluding carboxylic acids is 3. The van der Waals surface area contributed by atoms with Crippen molar-refractivity contribution < 1.29 is 14.4 Å². The third kappa shape index (κ3) is 3.55. The van der Waals surface area contributed by atoms with E-state index in [4.69, 9.17) is 0 Å². The van der Waals surface area contributed by atoms with Gasteiger partial charge >= 0.3 is 0 Å². The molecule has 0 radical (unpaired) electrons. The Labute approximate surface area is 158 Å². The van der Waals surface area contributed by atoms with Crippen LogP contribution in [0, 0.1) is 0 Å². The van der Waals surface area contributed by atoms with Crippen molar-refractivity contribution in [1.29, 1.82) is 0 Å². The summed E-state index contributed by atoms with van der Waals surface area (Å²) < 4.78 is 0. The Hall–Kier alpha value is -2.79. The second-order valence-electron chi connectivity index (χ2n) is 7.23. The number of rotatable bonds is 4. The van der Waals surface area contributed by atoms with E-state index < -0.39 is 0 Å². The van der Waals surface area contributed by atoms with Crippen LogP contribution in [0.4, 0.5) is 5.69 Å². The van der Waals surface area contributed by atoms with Gasteiger partial charge in [-0.1, -0.05) is 43.5 Å². The molecule has 27 heavy (non-hydrogen) atoms. The predicted octanol–water partition coefficient (Wildman–Crippen LogP) is 3.32. The maximum Gasteiger partial charge on any atom is 0.238 e. The molecular weight excluding hydrogens is 340 g/mol. The molecule has 5 nitrogen and oxygen atoms in total. The zero-order valence-electron chi connectivity index (χ0n) is 15.1. The van der Waals surface area contributed by atoms with Crippen molar-refractivity contribution in [2.24, 2.45) is 0 Å². The topological polar surface area (TPSA) is 75.3 Å². The summed E-state index contributed by atoms with van der Waals surface area (Å²) in [6.07, 6.45) is 5.92. The van der Waals surface area contributed by atoms with Gasteiger partial charge in [0.15, 0.2) is 11.6 Å². The van der Waals surface area contributed by atoms with Crippen molar-refractivity contribution in [3.05, 3.63) is 64.7 Å². The molecule has 0 unspecified atom stereocenters. The molecule has 2 aromatic carbocycles. The molecule has 5 heteroatoms. The fourth-order valence-electron chi connectivity index (χ4n) is 3.93. The van der Waals surface area contributed by atoms with Gasteiger partial charge in [0.25, 0.3) is 0 Å². The molecule has 1 amide bonds. The van der Waals surface area contributed by atoms with E-state index in [1.165, 1.54) is 19.3 Å². The number of carbonyl (C=O) groups is 3. The lowest BCUT2D eigenvalue weighted by molar-refractivity contribution is -0.115. The van der Waals surface area contributed by atoms with Crippen molar-refractivity contribution >= 4 is 23.2 Å². The van der Waals surface area contributed by atoms with E-state index in [1.807, 2.05) is 0 Å². The first-order valence-corrected chi connectivity index (χ1v) is 9.49. The standard InChI is InChI=1S/C22H22N2O3/c25-20(13-23-14-6-2-1-3-7-14)24-15-10-11-18-19(12-15)22(27)17-9-5-4-8-16(17)21(18)26/h4-5,8-12,14,23H,1-3,6-7,13H2,(H,24,25). The minimum atomic E-state index is -0.184. The summed E-state index contributed by atoms with van der Waals surface area (Å²) in [5, 5.41) is 6.13. The third-order valence-corrected chi connectivity index (χ3v) is 5.37. The molecular formula is C22H22N2O3. The van der Waals surface area contributed by atoms with Gasteiger partial charge in [0.05, 0.1) is 6.54 Å². The van der Waals surface area contributed by atoms with Gasteiger partial charge in [-0.15, -0.1) is 0 Å². The van der Waals surface area contributed by atoms with Gasteiger partial charge in [-0.25, -0.2) is 0 Å². The zero-order valence-corrected chi connectivity index (χ0v) is 15.1. The quantitative estimate of drug-likeness (QED) is 0.747. The molecule has 4 rings (SSSR count). The third-order valence-electron chi connectivity index (χ3n) is 5.37. The molecule has 1 saturated carbocycles. The van der Waals surface area contributed by atoms with Crippen LogP contribution in [0.5, 0.6) is 0 Å². The molecule has 138 valence electrons. The number of fused-ring (bicyclic) bond motifs is 2. The number of ketones is 2. The lowest BCUT2D eigenvalue weighted by Gasteiger charge is -2.22. The average Bonchev–Trinajstić information content (AvgIpc) is 2.71. The van der Waals surface area contributed by atoms with Crippen molar-refractivity contribution in [1.82, 2.24) is 5.32 Å². The Morgan fingerprint density at radius 3 is 2.19 bits per heavy atom. The Bertz CT molecular complexity index is 914. The lowest BCUT2D eigenvalue weighted by Crippen LogP contribution is -2.37. The normalized spacial score (nSPS) is 16.6. The second kappa shape index (κ2) is 7.45. The van der Waals surface area contributed by atoms with Gasteiger partial charge in [-0.3, -0.25) is 14.4 Å².